The maximum atomic E-state index is 12.2. The summed E-state index contributed by atoms with van der Waals surface area (Å²) in [5.74, 6) is 0. The first-order valence-corrected chi connectivity index (χ1v) is 7.67. The summed E-state index contributed by atoms with van der Waals surface area (Å²) in [4.78, 5) is 0.273. The van der Waals surface area contributed by atoms with Crippen LogP contribution < -0.4 is 10.0 Å². The van der Waals surface area contributed by atoms with Gasteiger partial charge in [-0.05, 0) is 38.6 Å². The van der Waals surface area contributed by atoms with Gasteiger partial charge in [0.1, 0.15) is 0 Å². The zero-order valence-electron chi connectivity index (χ0n) is 11.8. The number of hydrogen-bond acceptors (Lipinski definition) is 4. The molecule has 19 heavy (non-hydrogen) atoms. The first-order chi connectivity index (χ1) is 8.90. The second kappa shape index (κ2) is 7.00. The van der Waals surface area contributed by atoms with E-state index in [0.717, 1.165) is 5.56 Å². The minimum atomic E-state index is -3.50. The van der Waals surface area contributed by atoms with E-state index in [1.54, 1.807) is 32.2 Å². The molecule has 5 nitrogen and oxygen atoms in total. The molecule has 0 aliphatic rings. The van der Waals surface area contributed by atoms with E-state index in [4.69, 9.17) is 4.74 Å². The molecule has 0 saturated carbocycles. The summed E-state index contributed by atoms with van der Waals surface area (Å²) < 4.78 is 31.9. The van der Waals surface area contributed by atoms with Crippen LogP contribution in [0.15, 0.2) is 29.2 Å². The van der Waals surface area contributed by atoms with Gasteiger partial charge in [-0.15, -0.1) is 0 Å². The fourth-order valence-corrected chi connectivity index (χ4v) is 3.02. The standard InChI is InChI=1S/C13H22N2O3S/c1-10(9-18-4)15-19(16,17)13-7-5-6-12(8-13)11(2)14-3/h5-8,10-11,14-15H,9H2,1-4H3. The van der Waals surface area contributed by atoms with Crippen LogP contribution in [0.1, 0.15) is 25.5 Å². The lowest BCUT2D eigenvalue weighted by atomic mass is 10.1. The Kier molecular flexibility index (Phi) is 5.93. The van der Waals surface area contributed by atoms with Gasteiger partial charge in [0.25, 0.3) is 0 Å². The molecule has 108 valence electrons. The quantitative estimate of drug-likeness (QED) is 0.792. The Balaban J connectivity index is 2.95. The van der Waals surface area contributed by atoms with Crippen LogP contribution in [0.2, 0.25) is 0 Å². The first-order valence-electron chi connectivity index (χ1n) is 6.19. The molecule has 0 fully saturated rings. The lowest BCUT2D eigenvalue weighted by Gasteiger charge is -2.15. The van der Waals surface area contributed by atoms with Crippen molar-refractivity contribution in [1.82, 2.24) is 10.0 Å². The van der Waals surface area contributed by atoms with Crippen LogP contribution in [0.5, 0.6) is 0 Å². The molecule has 0 radical (unpaired) electrons. The summed E-state index contributed by atoms with van der Waals surface area (Å²) in [6.45, 7) is 4.08. The number of hydrogen-bond donors (Lipinski definition) is 2. The van der Waals surface area contributed by atoms with Gasteiger partial charge in [-0.3, -0.25) is 0 Å². The predicted octanol–water partition coefficient (Wildman–Crippen LogP) is 1.28. The number of methoxy groups -OCH3 is 1. The Morgan fingerprint density at radius 2 is 2.00 bits per heavy atom. The lowest BCUT2D eigenvalue weighted by molar-refractivity contribution is 0.180. The molecule has 1 rings (SSSR count). The molecule has 2 atom stereocenters. The Bertz CT molecular complexity index is 502. The Morgan fingerprint density at radius 3 is 2.58 bits per heavy atom. The van der Waals surface area contributed by atoms with Gasteiger partial charge in [0, 0.05) is 19.2 Å². The van der Waals surface area contributed by atoms with Crippen molar-refractivity contribution in [2.75, 3.05) is 20.8 Å². The van der Waals surface area contributed by atoms with Gasteiger partial charge >= 0.3 is 0 Å². The van der Waals surface area contributed by atoms with Crippen molar-refractivity contribution < 1.29 is 13.2 Å². The van der Waals surface area contributed by atoms with E-state index < -0.39 is 10.0 Å². The van der Waals surface area contributed by atoms with Gasteiger partial charge in [0.2, 0.25) is 10.0 Å². The Hall–Kier alpha value is -0.950. The maximum Gasteiger partial charge on any atom is 0.240 e. The lowest BCUT2D eigenvalue weighted by Crippen LogP contribution is -2.35. The fraction of sp³-hybridized carbons (Fsp3) is 0.538. The highest BCUT2D eigenvalue weighted by molar-refractivity contribution is 7.89. The summed E-state index contributed by atoms with van der Waals surface area (Å²) in [6.07, 6.45) is 0. The molecular formula is C13H22N2O3S. The molecule has 1 aromatic carbocycles. The van der Waals surface area contributed by atoms with Gasteiger partial charge in [-0.1, -0.05) is 12.1 Å². The molecule has 0 aliphatic heterocycles. The molecule has 0 bridgehead atoms. The van der Waals surface area contributed by atoms with E-state index in [1.165, 1.54) is 0 Å². The van der Waals surface area contributed by atoms with E-state index in [1.807, 2.05) is 20.0 Å². The van der Waals surface area contributed by atoms with Gasteiger partial charge in [-0.2, -0.15) is 0 Å². The van der Waals surface area contributed by atoms with E-state index >= 15 is 0 Å². The molecule has 0 saturated heterocycles. The molecule has 0 aromatic heterocycles. The van der Waals surface area contributed by atoms with Gasteiger partial charge in [0.05, 0.1) is 11.5 Å². The van der Waals surface area contributed by atoms with E-state index in [2.05, 4.69) is 10.0 Å². The number of sulfonamides is 1. The maximum absolute atomic E-state index is 12.2. The molecule has 0 aliphatic carbocycles. The van der Waals surface area contributed by atoms with Crippen molar-refractivity contribution in [2.24, 2.45) is 0 Å². The molecular weight excluding hydrogens is 264 g/mol. The highest BCUT2D eigenvalue weighted by atomic mass is 32.2. The van der Waals surface area contributed by atoms with Crippen LogP contribution in [0.3, 0.4) is 0 Å². The molecule has 0 spiro atoms. The summed E-state index contributed by atoms with van der Waals surface area (Å²) in [5, 5.41) is 3.09. The summed E-state index contributed by atoms with van der Waals surface area (Å²) in [7, 11) is -0.124. The average molecular weight is 286 g/mol. The zero-order valence-corrected chi connectivity index (χ0v) is 12.6. The monoisotopic (exact) mass is 286 g/mol. The van der Waals surface area contributed by atoms with E-state index in [0.29, 0.717) is 6.61 Å². The highest BCUT2D eigenvalue weighted by Gasteiger charge is 2.18. The Morgan fingerprint density at radius 1 is 1.32 bits per heavy atom. The highest BCUT2D eigenvalue weighted by Crippen LogP contribution is 2.17. The predicted molar refractivity (Wildman–Crippen MR) is 75.6 cm³/mol. The summed E-state index contributed by atoms with van der Waals surface area (Å²) in [5.41, 5.74) is 0.935. The third-order valence-electron chi connectivity index (χ3n) is 2.87. The van der Waals surface area contributed by atoms with Gasteiger partial charge < -0.3 is 10.1 Å². The summed E-state index contributed by atoms with van der Waals surface area (Å²) in [6, 6.07) is 6.76. The number of ether oxygens (including phenoxy) is 1. The largest absolute Gasteiger partial charge is 0.383 e. The SMILES string of the molecule is CNC(C)c1cccc(S(=O)(=O)NC(C)COC)c1. The molecule has 1 aromatic rings. The fourth-order valence-electron chi connectivity index (χ4n) is 1.73. The van der Waals surface area contributed by atoms with Crippen molar-refractivity contribution in [2.45, 2.75) is 30.8 Å². The smallest absolute Gasteiger partial charge is 0.240 e. The third kappa shape index (κ3) is 4.58. The van der Waals surface area contributed by atoms with E-state index in [9.17, 15) is 8.42 Å². The third-order valence-corrected chi connectivity index (χ3v) is 4.46. The van der Waals surface area contributed by atoms with Gasteiger partial charge in [-0.25, -0.2) is 13.1 Å². The number of nitrogens with one attached hydrogen (secondary N) is 2. The van der Waals surface area contributed by atoms with Crippen molar-refractivity contribution in [3.05, 3.63) is 29.8 Å². The molecule has 2 N–H and O–H groups in total. The topological polar surface area (TPSA) is 67.4 Å². The van der Waals surface area contributed by atoms with Crippen LogP contribution in [0, 0.1) is 0 Å². The second-order valence-electron chi connectivity index (χ2n) is 4.56. The van der Waals surface area contributed by atoms with Crippen molar-refractivity contribution in [3.8, 4) is 0 Å². The van der Waals surface area contributed by atoms with Crippen molar-refractivity contribution in [3.63, 3.8) is 0 Å². The Labute approximate surface area is 115 Å². The van der Waals surface area contributed by atoms with Crippen molar-refractivity contribution >= 4 is 10.0 Å². The minimum absolute atomic E-state index is 0.103. The molecule has 0 heterocycles. The van der Waals surface area contributed by atoms with Crippen LogP contribution in [-0.4, -0.2) is 35.2 Å². The van der Waals surface area contributed by atoms with Crippen LogP contribution in [0.25, 0.3) is 0 Å². The van der Waals surface area contributed by atoms with E-state index in [-0.39, 0.29) is 17.0 Å². The zero-order chi connectivity index (χ0) is 14.5. The number of benzene rings is 1. The summed E-state index contributed by atoms with van der Waals surface area (Å²) >= 11 is 0. The van der Waals surface area contributed by atoms with Crippen LogP contribution in [0.4, 0.5) is 0 Å². The second-order valence-corrected chi connectivity index (χ2v) is 6.27. The first kappa shape index (κ1) is 16.1. The van der Waals surface area contributed by atoms with Gasteiger partial charge in [0.15, 0.2) is 0 Å². The van der Waals surface area contributed by atoms with Crippen LogP contribution in [-0.2, 0) is 14.8 Å². The average Bonchev–Trinajstić information content (AvgIpc) is 2.37. The van der Waals surface area contributed by atoms with Crippen molar-refractivity contribution in [1.29, 1.82) is 0 Å². The molecule has 0 amide bonds. The van der Waals surface area contributed by atoms with Crippen LogP contribution >= 0.6 is 0 Å². The normalized spacial score (nSPS) is 15.2. The molecule has 6 heteroatoms. The molecule has 2 unspecified atom stereocenters. The minimum Gasteiger partial charge on any atom is -0.383 e. The number of rotatable bonds is 7.